The zero-order valence-electron chi connectivity index (χ0n) is 15.4. The molecule has 0 unspecified atom stereocenters. The molecule has 4 heteroatoms. The van der Waals surface area contributed by atoms with E-state index in [4.69, 9.17) is 9.16 Å². The van der Waals surface area contributed by atoms with Crippen molar-refractivity contribution in [3.8, 4) is 0 Å². The first kappa shape index (κ1) is 19.9. The second-order valence-corrected chi connectivity index (χ2v) is 12.3. The van der Waals surface area contributed by atoms with Gasteiger partial charge >= 0.3 is 5.97 Å². The Balaban J connectivity index is 2.08. The number of esters is 1. The summed E-state index contributed by atoms with van der Waals surface area (Å²) in [6.45, 7) is 12.5. The molecule has 0 radical (unpaired) electrons. The number of rotatable bonds is 9. The van der Waals surface area contributed by atoms with Crippen molar-refractivity contribution in [3.05, 3.63) is 35.9 Å². The quantitative estimate of drug-likeness (QED) is 0.363. The van der Waals surface area contributed by atoms with E-state index in [-0.39, 0.29) is 11.0 Å². The van der Waals surface area contributed by atoms with Crippen molar-refractivity contribution in [2.45, 2.75) is 64.6 Å². The number of hydrogen-bond acceptors (Lipinski definition) is 3. The number of unbranched alkanes of at least 4 members (excludes halogenated alkanes) is 1. The fourth-order valence-corrected chi connectivity index (χ4v) is 2.98. The number of hydrogen-bond donors (Lipinski definition) is 0. The lowest BCUT2D eigenvalue weighted by Gasteiger charge is -2.36. The van der Waals surface area contributed by atoms with Gasteiger partial charge in [-0.25, -0.2) is 0 Å². The Kier molecular flexibility index (Phi) is 7.99. The minimum absolute atomic E-state index is 0.112. The lowest BCUT2D eigenvalue weighted by atomic mass is 10.1. The van der Waals surface area contributed by atoms with Gasteiger partial charge in [-0.15, -0.1) is 0 Å². The van der Waals surface area contributed by atoms with Crippen LogP contribution in [-0.2, 0) is 20.4 Å². The Morgan fingerprint density at radius 1 is 1.04 bits per heavy atom. The molecular weight excluding hydrogens is 304 g/mol. The molecule has 0 heterocycles. The van der Waals surface area contributed by atoms with E-state index >= 15 is 0 Å². The summed E-state index contributed by atoms with van der Waals surface area (Å²) in [5.41, 5.74) is 1.17. The first-order chi connectivity index (χ1) is 10.7. The second kappa shape index (κ2) is 9.23. The first-order valence-corrected chi connectivity index (χ1v) is 11.5. The van der Waals surface area contributed by atoms with Crippen molar-refractivity contribution in [2.75, 3.05) is 13.2 Å². The average Bonchev–Trinajstić information content (AvgIpc) is 2.48. The molecule has 0 aliphatic rings. The molecule has 23 heavy (non-hydrogen) atoms. The molecule has 130 valence electrons. The van der Waals surface area contributed by atoms with Crippen molar-refractivity contribution in [1.82, 2.24) is 0 Å². The smallest absolute Gasteiger partial charge is 0.306 e. The molecule has 0 atom stereocenters. The van der Waals surface area contributed by atoms with Crippen LogP contribution in [0, 0.1) is 0 Å². The molecule has 0 N–H and O–H groups in total. The topological polar surface area (TPSA) is 35.5 Å². The van der Waals surface area contributed by atoms with Crippen molar-refractivity contribution in [3.63, 3.8) is 0 Å². The monoisotopic (exact) mass is 336 g/mol. The van der Waals surface area contributed by atoms with E-state index < -0.39 is 8.32 Å². The third kappa shape index (κ3) is 7.80. The zero-order valence-corrected chi connectivity index (χ0v) is 16.4. The predicted octanol–water partition coefficient (Wildman–Crippen LogP) is 4.96. The van der Waals surface area contributed by atoms with Crippen molar-refractivity contribution in [1.29, 1.82) is 0 Å². The Morgan fingerprint density at radius 3 is 2.26 bits per heavy atom. The standard InChI is InChI=1S/C19H32O3Si/c1-19(2,3)23(4,5)22-16-10-9-15-21-18(20)14-13-17-11-7-6-8-12-17/h6-8,11-12H,9-10,13-16H2,1-5H3. The van der Waals surface area contributed by atoms with Gasteiger partial charge in [0, 0.05) is 13.0 Å². The van der Waals surface area contributed by atoms with E-state index in [2.05, 4.69) is 33.9 Å². The van der Waals surface area contributed by atoms with Crippen molar-refractivity contribution < 1.29 is 14.0 Å². The number of benzene rings is 1. The fraction of sp³-hybridized carbons (Fsp3) is 0.632. The van der Waals surface area contributed by atoms with Gasteiger partial charge in [-0.05, 0) is 43.0 Å². The van der Waals surface area contributed by atoms with Crippen LogP contribution in [0.3, 0.4) is 0 Å². The molecule has 1 aromatic carbocycles. The molecule has 0 aliphatic carbocycles. The number of carbonyl (C=O) groups is 1. The van der Waals surface area contributed by atoms with Crippen LogP contribution in [0.5, 0.6) is 0 Å². The van der Waals surface area contributed by atoms with Gasteiger partial charge in [0.15, 0.2) is 8.32 Å². The highest BCUT2D eigenvalue weighted by Gasteiger charge is 2.36. The minimum Gasteiger partial charge on any atom is -0.466 e. The third-order valence-corrected chi connectivity index (χ3v) is 9.07. The normalized spacial score (nSPS) is 12.2. The largest absolute Gasteiger partial charge is 0.466 e. The molecule has 0 spiro atoms. The molecule has 0 amide bonds. The van der Waals surface area contributed by atoms with Crippen molar-refractivity contribution >= 4 is 14.3 Å². The number of carbonyl (C=O) groups excluding carboxylic acids is 1. The van der Waals surface area contributed by atoms with Crippen LogP contribution in [-0.4, -0.2) is 27.5 Å². The van der Waals surface area contributed by atoms with Crippen LogP contribution in [0.25, 0.3) is 0 Å². The third-order valence-electron chi connectivity index (χ3n) is 4.53. The summed E-state index contributed by atoms with van der Waals surface area (Å²) in [6.07, 6.45) is 3.00. The van der Waals surface area contributed by atoms with Crippen molar-refractivity contribution in [2.24, 2.45) is 0 Å². The molecule has 0 aromatic heterocycles. The second-order valence-electron chi connectivity index (χ2n) is 7.52. The van der Waals surface area contributed by atoms with Crippen LogP contribution in [0.15, 0.2) is 30.3 Å². The molecule has 0 fully saturated rings. The summed E-state index contributed by atoms with van der Waals surface area (Å²) in [4.78, 5) is 11.7. The van der Waals surface area contributed by atoms with Crippen LogP contribution < -0.4 is 0 Å². The summed E-state index contributed by atoms with van der Waals surface area (Å²) in [7, 11) is -1.64. The highest BCUT2D eigenvalue weighted by molar-refractivity contribution is 6.74. The van der Waals surface area contributed by atoms with Gasteiger partial charge < -0.3 is 9.16 Å². The minimum atomic E-state index is -1.64. The van der Waals surface area contributed by atoms with Gasteiger partial charge in [0.25, 0.3) is 0 Å². The highest BCUT2D eigenvalue weighted by Crippen LogP contribution is 2.36. The molecule has 0 saturated heterocycles. The summed E-state index contributed by atoms with van der Waals surface area (Å²) in [5, 5.41) is 0.247. The van der Waals surface area contributed by atoms with Gasteiger partial charge in [0.05, 0.1) is 6.61 Å². The van der Waals surface area contributed by atoms with Crippen LogP contribution in [0.4, 0.5) is 0 Å². The Bertz CT molecular complexity index is 463. The van der Waals surface area contributed by atoms with Gasteiger partial charge in [-0.3, -0.25) is 4.79 Å². The molecule has 3 nitrogen and oxygen atoms in total. The predicted molar refractivity (Wildman–Crippen MR) is 98.1 cm³/mol. The molecule has 0 aliphatic heterocycles. The van der Waals surface area contributed by atoms with Gasteiger partial charge in [0.2, 0.25) is 0 Å². The van der Waals surface area contributed by atoms with Crippen LogP contribution >= 0.6 is 0 Å². The van der Waals surface area contributed by atoms with Crippen LogP contribution in [0.1, 0.15) is 45.6 Å². The van der Waals surface area contributed by atoms with E-state index in [0.717, 1.165) is 25.9 Å². The summed E-state index contributed by atoms with van der Waals surface area (Å²) >= 11 is 0. The average molecular weight is 337 g/mol. The lowest BCUT2D eigenvalue weighted by Crippen LogP contribution is -2.41. The van der Waals surface area contributed by atoms with E-state index in [0.29, 0.717) is 13.0 Å². The van der Waals surface area contributed by atoms with Gasteiger partial charge in [-0.1, -0.05) is 51.1 Å². The molecule has 0 bridgehead atoms. The SMILES string of the molecule is CC(C)(C)[Si](C)(C)OCCCCOC(=O)CCc1ccccc1. The van der Waals surface area contributed by atoms with E-state index in [9.17, 15) is 4.79 Å². The Labute approximate surface area is 142 Å². The first-order valence-electron chi connectivity index (χ1n) is 8.56. The maximum Gasteiger partial charge on any atom is 0.306 e. The summed E-state index contributed by atoms with van der Waals surface area (Å²) < 4.78 is 11.4. The maximum atomic E-state index is 11.7. The van der Waals surface area contributed by atoms with E-state index in [1.165, 1.54) is 5.56 Å². The van der Waals surface area contributed by atoms with Crippen LogP contribution in [0.2, 0.25) is 18.1 Å². The van der Waals surface area contributed by atoms with E-state index in [1.807, 2.05) is 30.3 Å². The molecule has 0 saturated carbocycles. The lowest BCUT2D eigenvalue weighted by molar-refractivity contribution is -0.143. The van der Waals surface area contributed by atoms with Gasteiger partial charge in [0.1, 0.15) is 0 Å². The Morgan fingerprint density at radius 2 is 1.65 bits per heavy atom. The molecule has 1 rings (SSSR count). The fourth-order valence-electron chi connectivity index (χ4n) is 1.90. The zero-order chi connectivity index (χ0) is 17.3. The Hall–Kier alpha value is -1.13. The molecule has 1 aromatic rings. The maximum absolute atomic E-state index is 11.7. The number of ether oxygens (including phenoxy) is 1. The van der Waals surface area contributed by atoms with E-state index in [1.54, 1.807) is 0 Å². The highest BCUT2D eigenvalue weighted by atomic mass is 28.4. The summed E-state index contributed by atoms with van der Waals surface area (Å²) in [6, 6.07) is 10.0. The summed E-state index contributed by atoms with van der Waals surface area (Å²) in [5.74, 6) is -0.112. The number of aryl methyl sites for hydroxylation is 1. The van der Waals surface area contributed by atoms with Gasteiger partial charge in [-0.2, -0.15) is 0 Å². The molecular formula is C19H32O3Si.